The van der Waals surface area contributed by atoms with Crippen LogP contribution in [0.4, 0.5) is 0 Å². The molecule has 0 aliphatic rings. The summed E-state index contributed by atoms with van der Waals surface area (Å²) in [5.41, 5.74) is 2.46. The average molecular weight is 433 g/mol. The Kier molecular flexibility index (Phi) is 9.09. The van der Waals surface area contributed by atoms with Gasteiger partial charge in [0.15, 0.2) is 0 Å². The smallest absolute Gasteiger partial charge is 0.235 e. The number of ether oxygens (including phenoxy) is 1. The van der Waals surface area contributed by atoms with Gasteiger partial charge in [-0.15, -0.1) is 0 Å². The first-order chi connectivity index (χ1) is 13.8. The van der Waals surface area contributed by atoms with E-state index in [1.807, 2.05) is 46.8 Å². The van der Waals surface area contributed by atoms with Crippen molar-refractivity contribution in [2.24, 2.45) is 15.8 Å². The van der Waals surface area contributed by atoms with Crippen LogP contribution in [0.5, 0.6) is 5.75 Å². The summed E-state index contributed by atoms with van der Waals surface area (Å²) in [5.74, 6) is 6.32. The Balaban J connectivity index is 2.91. The van der Waals surface area contributed by atoms with Crippen molar-refractivity contribution in [1.29, 1.82) is 0 Å². The molecule has 1 atom stereocenters. The molecule has 30 heavy (non-hydrogen) atoms. The summed E-state index contributed by atoms with van der Waals surface area (Å²) >= 11 is 4.83. The third-order valence-corrected chi connectivity index (χ3v) is 5.66. The molecule has 0 saturated carbocycles. The zero-order valence-electron chi connectivity index (χ0n) is 19.3. The molecule has 0 spiro atoms. The van der Waals surface area contributed by atoms with Crippen LogP contribution < -0.4 is 16.0 Å². The summed E-state index contributed by atoms with van der Waals surface area (Å²) in [7, 11) is 0. The van der Waals surface area contributed by atoms with Crippen molar-refractivity contribution in [3.63, 3.8) is 0 Å². The van der Waals surface area contributed by atoms with Crippen LogP contribution >= 0.6 is 12.2 Å². The monoisotopic (exact) mass is 432 g/mol. The van der Waals surface area contributed by atoms with Gasteiger partial charge in [0.2, 0.25) is 11.8 Å². The molecule has 0 radical (unpaired) electrons. The average Bonchev–Trinajstić information content (AvgIpc) is 2.66. The molecular weight excluding hydrogens is 396 g/mol. The fourth-order valence-corrected chi connectivity index (χ4v) is 3.21. The van der Waals surface area contributed by atoms with E-state index in [0.717, 1.165) is 25.0 Å². The van der Waals surface area contributed by atoms with E-state index in [-0.39, 0.29) is 11.0 Å². The molecule has 7 heteroatoms. The zero-order valence-corrected chi connectivity index (χ0v) is 20.2. The number of hydrazine groups is 1. The van der Waals surface area contributed by atoms with Crippen molar-refractivity contribution in [3.05, 3.63) is 29.8 Å². The molecule has 1 aromatic carbocycles. The highest BCUT2D eigenvalue weighted by molar-refractivity contribution is 7.78. The Morgan fingerprint density at radius 2 is 1.57 bits per heavy atom. The molecule has 0 amide bonds. The first kappa shape index (κ1) is 26.2. The van der Waals surface area contributed by atoms with E-state index < -0.39 is 11.3 Å². The number of isothiocyanates is 1. The Labute approximate surface area is 186 Å². The standard InChI is InChI=1S/C23H36N4O2S/c1-20(2,12-13-21(3,4)25-16-28)18-8-10-19(11-9-18)29-23(7,26-17-30)15-14-22(5,6)27-24/h8-11,27H,12-15,24H2,1-7H3. The second kappa shape index (κ2) is 10.4. The number of isocyanates is 1. The van der Waals surface area contributed by atoms with Gasteiger partial charge in [-0.3, -0.25) is 11.3 Å². The molecule has 0 bridgehead atoms. The summed E-state index contributed by atoms with van der Waals surface area (Å²) in [6, 6.07) is 8.04. The maximum absolute atomic E-state index is 10.6. The van der Waals surface area contributed by atoms with E-state index in [9.17, 15) is 4.79 Å². The topological polar surface area (TPSA) is 89.1 Å². The lowest BCUT2D eigenvalue weighted by atomic mass is 9.78. The molecule has 0 fully saturated rings. The van der Waals surface area contributed by atoms with E-state index in [2.05, 4.69) is 46.6 Å². The lowest BCUT2D eigenvalue weighted by Crippen LogP contribution is -2.46. The van der Waals surface area contributed by atoms with E-state index in [4.69, 9.17) is 22.8 Å². The van der Waals surface area contributed by atoms with Crippen molar-refractivity contribution in [2.45, 2.75) is 96.4 Å². The van der Waals surface area contributed by atoms with Gasteiger partial charge in [-0.25, -0.2) is 4.79 Å². The third kappa shape index (κ3) is 8.47. The molecule has 166 valence electrons. The summed E-state index contributed by atoms with van der Waals surface area (Å²) in [6.07, 6.45) is 4.74. The minimum Gasteiger partial charge on any atom is -0.466 e. The molecule has 6 nitrogen and oxygen atoms in total. The summed E-state index contributed by atoms with van der Waals surface area (Å²) in [5, 5.41) is 2.46. The number of aliphatic imine (C=N–C) groups is 2. The lowest BCUT2D eigenvalue weighted by Gasteiger charge is -2.31. The number of benzene rings is 1. The van der Waals surface area contributed by atoms with Gasteiger partial charge in [0.25, 0.3) is 0 Å². The van der Waals surface area contributed by atoms with Crippen LogP contribution in [-0.4, -0.2) is 28.0 Å². The van der Waals surface area contributed by atoms with E-state index >= 15 is 0 Å². The van der Waals surface area contributed by atoms with Crippen molar-refractivity contribution in [1.82, 2.24) is 5.43 Å². The molecule has 1 aromatic rings. The van der Waals surface area contributed by atoms with Crippen LogP contribution in [0, 0.1) is 0 Å². The molecule has 0 aliphatic heterocycles. The SMILES string of the molecule is CC(C)(CCC(C)(C)c1ccc(OC(C)(CCC(C)(C)NN)N=C=S)cc1)N=C=O. The number of nitrogens with zero attached hydrogens (tertiary/aromatic N) is 2. The van der Waals surface area contributed by atoms with Gasteiger partial charge in [-0.1, -0.05) is 26.0 Å². The van der Waals surface area contributed by atoms with Crippen LogP contribution in [0.3, 0.4) is 0 Å². The molecule has 0 aromatic heterocycles. The fourth-order valence-electron chi connectivity index (χ4n) is 3.01. The molecule has 0 saturated heterocycles. The number of thiocarbonyl (C=S) groups is 1. The summed E-state index contributed by atoms with van der Waals surface area (Å²) in [4.78, 5) is 18.8. The predicted octanol–water partition coefficient (Wildman–Crippen LogP) is 5.08. The molecule has 0 aliphatic carbocycles. The van der Waals surface area contributed by atoms with Crippen molar-refractivity contribution < 1.29 is 9.53 Å². The molecule has 1 unspecified atom stereocenters. The van der Waals surface area contributed by atoms with E-state index in [1.165, 1.54) is 5.56 Å². The van der Waals surface area contributed by atoms with Gasteiger partial charge in [0.1, 0.15) is 5.75 Å². The first-order valence-electron chi connectivity index (χ1n) is 10.2. The van der Waals surface area contributed by atoms with Gasteiger partial charge in [-0.2, -0.15) is 9.98 Å². The number of nitrogens with two attached hydrogens (primary N) is 1. The maximum atomic E-state index is 10.6. The van der Waals surface area contributed by atoms with Gasteiger partial charge in [0.05, 0.1) is 10.7 Å². The normalized spacial score (nSPS) is 14.3. The van der Waals surface area contributed by atoms with Gasteiger partial charge in [-0.05, 0) is 89.2 Å². The van der Waals surface area contributed by atoms with Gasteiger partial charge in [0, 0.05) is 12.0 Å². The second-order valence-corrected chi connectivity index (χ2v) is 10.1. The zero-order chi connectivity index (χ0) is 23.1. The predicted molar refractivity (Wildman–Crippen MR) is 126 cm³/mol. The molecule has 3 N–H and O–H groups in total. The van der Waals surface area contributed by atoms with Crippen molar-refractivity contribution in [3.8, 4) is 5.75 Å². The highest BCUT2D eigenvalue weighted by atomic mass is 32.1. The van der Waals surface area contributed by atoms with Crippen LogP contribution in [0.1, 0.15) is 79.7 Å². The minimum absolute atomic E-state index is 0.0686. The molecule has 0 heterocycles. The Hall–Kier alpha value is -1.88. The van der Waals surface area contributed by atoms with E-state index in [0.29, 0.717) is 6.42 Å². The summed E-state index contributed by atoms with van der Waals surface area (Å²) < 4.78 is 6.17. The third-order valence-electron chi connectivity index (χ3n) is 5.57. The van der Waals surface area contributed by atoms with Crippen LogP contribution in [0.15, 0.2) is 34.3 Å². The number of hydrogen-bond acceptors (Lipinski definition) is 7. The fraction of sp³-hybridized carbons (Fsp3) is 0.652. The number of carbonyl (C=O) groups excluding carboxylic acids is 1. The van der Waals surface area contributed by atoms with E-state index in [1.54, 1.807) is 6.08 Å². The van der Waals surface area contributed by atoms with Gasteiger partial charge >= 0.3 is 0 Å². The maximum Gasteiger partial charge on any atom is 0.235 e. The second-order valence-electron chi connectivity index (χ2n) is 9.93. The number of hydrogen-bond donors (Lipinski definition) is 2. The number of nitrogens with one attached hydrogen (secondary N) is 1. The quantitative estimate of drug-likeness (QED) is 0.158. The van der Waals surface area contributed by atoms with Gasteiger partial charge < -0.3 is 4.74 Å². The van der Waals surface area contributed by atoms with Crippen LogP contribution in [0.25, 0.3) is 0 Å². The van der Waals surface area contributed by atoms with Crippen molar-refractivity contribution in [2.75, 3.05) is 0 Å². The Morgan fingerprint density at radius 1 is 0.967 bits per heavy atom. The largest absolute Gasteiger partial charge is 0.466 e. The Morgan fingerprint density at radius 3 is 2.07 bits per heavy atom. The molecular formula is C23H36N4O2S. The highest BCUT2D eigenvalue weighted by Gasteiger charge is 2.30. The lowest BCUT2D eigenvalue weighted by molar-refractivity contribution is 0.0784. The highest BCUT2D eigenvalue weighted by Crippen LogP contribution is 2.34. The number of rotatable bonds is 12. The Bertz CT molecular complexity index is 792. The van der Waals surface area contributed by atoms with Crippen LogP contribution in [0.2, 0.25) is 0 Å². The summed E-state index contributed by atoms with van der Waals surface area (Å²) in [6.45, 7) is 14.2. The first-order valence-corrected chi connectivity index (χ1v) is 10.6. The van der Waals surface area contributed by atoms with Crippen molar-refractivity contribution >= 4 is 23.5 Å². The molecule has 1 rings (SSSR count). The van der Waals surface area contributed by atoms with Crippen LogP contribution in [-0.2, 0) is 10.2 Å². The minimum atomic E-state index is -0.816.